The lowest BCUT2D eigenvalue weighted by atomic mass is 9.95. The molecule has 1 aromatic rings. The molecule has 0 atom stereocenters. The molecule has 0 bridgehead atoms. The van der Waals surface area contributed by atoms with E-state index in [1.54, 1.807) is 5.56 Å². The van der Waals surface area contributed by atoms with Gasteiger partial charge in [-0.05, 0) is 43.5 Å². The van der Waals surface area contributed by atoms with Gasteiger partial charge in [0.05, 0.1) is 0 Å². The summed E-state index contributed by atoms with van der Waals surface area (Å²) in [6.07, 6.45) is 3.16. The van der Waals surface area contributed by atoms with Crippen LogP contribution in [-0.4, -0.2) is 24.0 Å². The van der Waals surface area contributed by atoms with Gasteiger partial charge in [0.25, 0.3) is 0 Å². The Labute approximate surface area is 111 Å². The van der Waals surface area contributed by atoms with E-state index in [1.807, 2.05) is 6.08 Å². The molecule has 1 aliphatic rings. The molecule has 0 unspecified atom stereocenters. The molecule has 0 spiro atoms. The summed E-state index contributed by atoms with van der Waals surface area (Å²) in [5, 5.41) is 3.44. The quantitative estimate of drug-likeness (QED) is 0.801. The molecule has 1 aliphatic heterocycles. The molecule has 1 N–H and O–H groups in total. The fraction of sp³-hybridized carbons (Fsp3) is 0.500. The van der Waals surface area contributed by atoms with Crippen LogP contribution in [0.1, 0.15) is 30.5 Å². The maximum atomic E-state index is 3.86. The first-order chi connectivity index (χ1) is 8.72. The van der Waals surface area contributed by atoms with Crippen molar-refractivity contribution in [3.05, 3.63) is 47.5 Å². The van der Waals surface area contributed by atoms with E-state index in [-0.39, 0.29) is 0 Å². The number of hydrogen-bond acceptors (Lipinski definition) is 2. The van der Waals surface area contributed by atoms with Gasteiger partial charge in [-0.25, -0.2) is 0 Å². The normalized spacial score (nSPS) is 14.9. The second kappa shape index (κ2) is 6.17. The van der Waals surface area contributed by atoms with E-state index >= 15 is 0 Å². The highest BCUT2D eigenvalue weighted by Crippen LogP contribution is 2.20. The number of nitrogens with one attached hydrogen (secondary N) is 1. The molecule has 0 aliphatic carbocycles. The van der Waals surface area contributed by atoms with E-state index in [0.29, 0.717) is 6.04 Å². The zero-order valence-electron chi connectivity index (χ0n) is 11.6. The third-order valence-electron chi connectivity index (χ3n) is 3.70. The Morgan fingerprint density at radius 1 is 1.44 bits per heavy atom. The smallest absolute Gasteiger partial charge is 0.0242 e. The highest BCUT2D eigenvalue weighted by Gasteiger charge is 2.15. The predicted octanol–water partition coefficient (Wildman–Crippen LogP) is 2.73. The van der Waals surface area contributed by atoms with Crippen LogP contribution < -0.4 is 5.32 Å². The van der Waals surface area contributed by atoms with Crippen LogP contribution in [0.25, 0.3) is 0 Å². The summed E-state index contributed by atoms with van der Waals surface area (Å²) in [7, 11) is 0. The van der Waals surface area contributed by atoms with Crippen molar-refractivity contribution < 1.29 is 0 Å². The summed E-state index contributed by atoms with van der Waals surface area (Å²) in [5.74, 6) is 0. The monoisotopic (exact) mass is 244 g/mol. The first kappa shape index (κ1) is 13.3. The minimum absolute atomic E-state index is 0.556. The molecule has 2 nitrogen and oxygen atoms in total. The summed E-state index contributed by atoms with van der Waals surface area (Å²) in [6, 6.07) is 7.27. The van der Waals surface area contributed by atoms with Crippen LogP contribution in [0, 0.1) is 0 Å². The minimum atomic E-state index is 0.556. The molecule has 0 saturated carbocycles. The van der Waals surface area contributed by atoms with Gasteiger partial charge in [0.2, 0.25) is 0 Å². The SMILES string of the molecule is C=CCN(Cc1cccc2c1CCNC2)C(C)C. The van der Waals surface area contributed by atoms with E-state index in [9.17, 15) is 0 Å². The van der Waals surface area contributed by atoms with Gasteiger partial charge in [-0.3, -0.25) is 4.90 Å². The topological polar surface area (TPSA) is 15.3 Å². The van der Waals surface area contributed by atoms with Crippen molar-refractivity contribution in [2.45, 2.75) is 39.4 Å². The summed E-state index contributed by atoms with van der Waals surface area (Å²) in [4.78, 5) is 2.46. The summed E-state index contributed by atoms with van der Waals surface area (Å²) in [6.45, 7) is 12.5. The molecule has 0 amide bonds. The molecular formula is C16H24N2. The van der Waals surface area contributed by atoms with Crippen molar-refractivity contribution >= 4 is 0 Å². The Morgan fingerprint density at radius 2 is 2.28 bits per heavy atom. The number of nitrogens with zero attached hydrogens (tertiary/aromatic N) is 1. The van der Waals surface area contributed by atoms with Crippen molar-refractivity contribution in [1.29, 1.82) is 0 Å². The van der Waals surface area contributed by atoms with Crippen molar-refractivity contribution in [2.24, 2.45) is 0 Å². The average molecular weight is 244 g/mol. The van der Waals surface area contributed by atoms with Gasteiger partial charge in [0, 0.05) is 25.7 Å². The van der Waals surface area contributed by atoms with Gasteiger partial charge in [0.1, 0.15) is 0 Å². The molecule has 0 saturated heterocycles. The Bertz CT molecular complexity index is 410. The van der Waals surface area contributed by atoms with Crippen LogP contribution >= 0.6 is 0 Å². The lowest BCUT2D eigenvalue weighted by Crippen LogP contribution is -2.32. The summed E-state index contributed by atoms with van der Waals surface area (Å²) in [5.41, 5.74) is 4.52. The highest BCUT2D eigenvalue weighted by molar-refractivity contribution is 5.37. The average Bonchev–Trinajstić information content (AvgIpc) is 2.38. The van der Waals surface area contributed by atoms with Gasteiger partial charge >= 0.3 is 0 Å². The van der Waals surface area contributed by atoms with Crippen LogP contribution in [0.15, 0.2) is 30.9 Å². The molecule has 0 fully saturated rings. The molecule has 1 aromatic carbocycles. The Balaban J connectivity index is 2.19. The summed E-state index contributed by atoms with van der Waals surface area (Å²) < 4.78 is 0. The third kappa shape index (κ3) is 3.01. The number of hydrogen-bond donors (Lipinski definition) is 1. The molecule has 0 radical (unpaired) electrons. The van der Waals surface area contributed by atoms with Crippen molar-refractivity contribution in [1.82, 2.24) is 10.2 Å². The van der Waals surface area contributed by atoms with Crippen LogP contribution in [0.5, 0.6) is 0 Å². The van der Waals surface area contributed by atoms with Crippen LogP contribution in [0.2, 0.25) is 0 Å². The maximum absolute atomic E-state index is 3.86. The lowest BCUT2D eigenvalue weighted by molar-refractivity contribution is 0.236. The standard InChI is InChI=1S/C16H24N2/c1-4-10-18(13(2)3)12-15-7-5-6-14-11-17-9-8-16(14)15/h4-7,13,17H,1,8-12H2,2-3H3. The Kier molecular flexibility index (Phi) is 4.56. The van der Waals surface area contributed by atoms with E-state index in [2.05, 4.69) is 48.8 Å². The molecule has 0 aromatic heterocycles. The Morgan fingerprint density at radius 3 is 3.00 bits per heavy atom. The van der Waals surface area contributed by atoms with Gasteiger partial charge in [-0.1, -0.05) is 24.3 Å². The van der Waals surface area contributed by atoms with E-state index in [0.717, 1.165) is 32.6 Å². The van der Waals surface area contributed by atoms with Crippen molar-refractivity contribution in [3.63, 3.8) is 0 Å². The zero-order valence-corrected chi connectivity index (χ0v) is 11.6. The molecule has 18 heavy (non-hydrogen) atoms. The third-order valence-corrected chi connectivity index (χ3v) is 3.70. The number of benzene rings is 1. The minimum Gasteiger partial charge on any atom is -0.312 e. The number of rotatable bonds is 5. The lowest BCUT2D eigenvalue weighted by Gasteiger charge is -2.28. The van der Waals surface area contributed by atoms with Crippen LogP contribution in [0.3, 0.4) is 0 Å². The molecule has 2 rings (SSSR count). The summed E-state index contributed by atoms with van der Waals surface area (Å²) >= 11 is 0. The fourth-order valence-corrected chi connectivity index (χ4v) is 2.60. The van der Waals surface area contributed by atoms with E-state index < -0.39 is 0 Å². The first-order valence-electron chi connectivity index (χ1n) is 6.87. The van der Waals surface area contributed by atoms with Gasteiger partial charge in [-0.2, -0.15) is 0 Å². The van der Waals surface area contributed by atoms with Gasteiger partial charge in [0.15, 0.2) is 0 Å². The maximum Gasteiger partial charge on any atom is 0.0242 e. The van der Waals surface area contributed by atoms with Crippen LogP contribution in [0.4, 0.5) is 0 Å². The molecule has 98 valence electrons. The predicted molar refractivity (Wildman–Crippen MR) is 77.6 cm³/mol. The Hall–Kier alpha value is -1.12. The second-order valence-electron chi connectivity index (χ2n) is 5.29. The zero-order chi connectivity index (χ0) is 13.0. The van der Waals surface area contributed by atoms with E-state index in [4.69, 9.17) is 0 Å². The largest absolute Gasteiger partial charge is 0.312 e. The van der Waals surface area contributed by atoms with Crippen molar-refractivity contribution in [2.75, 3.05) is 13.1 Å². The van der Waals surface area contributed by atoms with E-state index in [1.165, 1.54) is 11.1 Å². The molecular weight excluding hydrogens is 220 g/mol. The van der Waals surface area contributed by atoms with Gasteiger partial charge < -0.3 is 5.32 Å². The van der Waals surface area contributed by atoms with Crippen molar-refractivity contribution in [3.8, 4) is 0 Å². The number of fused-ring (bicyclic) bond motifs is 1. The first-order valence-corrected chi connectivity index (χ1v) is 6.87. The van der Waals surface area contributed by atoms with Gasteiger partial charge in [-0.15, -0.1) is 6.58 Å². The molecule has 2 heteroatoms. The highest BCUT2D eigenvalue weighted by atomic mass is 15.1. The second-order valence-corrected chi connectivity index (χ2v) is 5.29. The van der Waals surface area contributed by atoms with Crippen LogP contribution in [-0.2, 0) is 19.5 Å². The molecule has 1 heterocycles. The fourth-order valence-electron chi connectivity index (χ4n) is 2.60.